The molecule has 0 aliphatic carbocycles. The summed E-state index contributed by atoms with van der Waals surface area (Å²) >= 11 is 5.71. The van der Waals surface area contributed by atoms with E-state index in [9.17, 15) is 22.0 Å². The standard InChI is InChI=1S/C25H24ClF2N3O3S/c1-16-3-4-17(2)24(13-16)30-9-11-31(12-10-30)35(33,34)19-6-7-21(27)20(15-19)25(32)29-23-8-5-18(26)14-22(23)28/h3-8,13-15H,9-12H2,1-2H3,(H,29,32). The lowest BCUT2D eigenvalue weighted by Gasteiger charge is -2.36. The molecule has 1 aliphatic rings. The van der Waals surface area contributed by atoms with Gasteiger partial charge in [-0.2, -0.15) is 4.31 Å². The molecule has 10 heteroatoms. The number of rotatable bonds is 5. The Hall–Kier alpha value is -3.01. The number of carbonyl (C=O) groups is 1. The Labute approximate surface area is 208 Å². The van der Waals surface area contributed by atoms with Crippen molar-refractivity contribution in [3.63, 3.8) is 0 Å². The van der Waals surface area contributed by atoms with Gasteiger partial charge in [-0.3, -0.25) is 4.79 Å². The SMILES string of the molecule is Cc1ccc(C)c(N2CCN(S(=O)(=O)c3ccc(F)c(C(=O)Nc4ccc(Cl)cc4F)c3)CC2)c1. The molecule has 1 aliphatic heterocycles. The molecular formula is C25H24ClF2N3O3S. The lowest BCUT2D eigenvalue weighted by atomic mass is 10.1. The molecule has 4 rings (SSSR count). The highest BCUT2D eigenvalue weighted by molar-refractivity contribution is 7.89. The van der Waals surface area contributed by atoms with Crippen molar-refractivity contribution in [2.24, 2.45) is 0 Å². The summed E-state index contributed by atoms with van der Waals surface area (Å²) in [5.41, 5.74) is 2.59. The zero-order valence-corrected chi connectivity index (χ0v) is 20.8. The van der Waals surface area contributed by atoms with Crippen LogP contribution in [0.2, 0.25) is 5.02 Å². The van der Waals surface area contributed by atoms with Crippen LogP contribution in [0.5, 0.6) is 0 Å². The zero-order valence-electron chi connectivity index (χ0n) is 19.2. The first kappa shape index (κ1) is 25.1. The fraction of sp³-hybridized carbons (Fsp3) is 0.240. The third-order valence-electron chi connectivity index (χ3n) is 5.94. The topological polar surface area (TPSA) is 69.7 Å². The van der Waals surface area contributed by atoms with E-state index in [1.54, 1.807) is 0 Å². The van der Waals surface area contributed by atoms with E-state index >= 15 is 0 Å². The minimum absolute atomic E-state index is 0.137. The molecule has 184 valence electrons. The molecule has 6 nitrogen and oxygen atoms in total. The fourth-order valence-corrected chi connectivity index (χ4v) is 5.61. The number of nitrogens with zero attached hydrogens (tertiary/aromatic N) is 2. The third-order valence-corrected chi connectivity index (χ3v) is 8.07. The predicted molar refractivity (Wildman–Crippen MR) is 133 cm³/mol. The summed E-state index contributed by atoms with van der Waals surface area (Å²) < 4.78 is 56.3. The second-order valence-corrected chi connectivity index (χ2v) is 10.8. The van der Waals surface area contributed by atoms with E-state index in [0.29, 0.717) is 13.1 Å². The first-order valence-electron chi connectivity index (χ1n) is 10.9. The number of benzene rings is 3. The fourth-order valence-electron chi connectivity index (χ4n) is 4.00. The van der Waals surface area contributed by atoms with Gasteiger partial charge in [0.25, 0.3) is 5.91 Å². The van der Waals surface area contributed by atoms with Crippen LogP contribution in [-0.2, 0) is 10.0 Å². The second-order valence-electron chi connectivity index (χ2n) is 8.40. The van der Waals surface area contributed by atoms with Crippen LogP contribution in [0.3, 0.4) is 0 Å². The molecule has 1 fully saturated rings. The first-order chi connectivity index (χ1) is 16.6. The summed E-state index contributed by atoms with van der Waals surface area (Å²) in [5, 5.41) is 2.40. The Morgan fingerprint density at radius 2 is 1.63 bits per heavy atom. The smallest absolute Gasteiger partial charge is 0.258 e. The molecule has 35 heavy (non-hydrogen) atoms. The van der Waals surface area contributed by atoms with E-state index in [1.165, 1.54) is 16.4 Å². The molecule has 3 aromatic rings. The van der Waals surface area contributed by atoms with E-state index in [1.807, 2.05) is 26.0 Å². The normalized spacial score (nSPS) is 14.7. The molecule has 0 spiro atoms. The Balaban J connectivity index is 1.52. The molecule has 0 bridgehead atoms. The average molecular weight is 520 g/mol. The average Bonchev–Trinajstić information content (AvgIpc) is 2.82. The number of amides is 1. The van der Waals surface area contributed by atoms with Crippen molar-refractivity contribution < 1.29 is 22.0 Å². The molecule has 0 aromatic heterocycles. The highest BCUT2D eigenvalue weighted by atomic mass is 35.5. The maximum absolute atomic E-state index is 14.4. The van der Waals surface area contributed by atoms with Crippen molar-refractivity contribution in [2.45, 2.75) is 18.7 Å². The number of piperazine rings is 1. The quantitative estimate of drug-likeness (QED) is 0.515. The summed E-state index contributed by atoms with van der Waals surface area (Å²) in [6, 6.07) is 12.8. The number of nitrogens with one attached hydrogen (secondary N) is 1. The van der Waals surface area contributed by atoms with Gasteiger partial charge in [-0.1, -0.05) is 23.7 Å². The van der Waals surface area contributed by atoms with Crippen LogP contribution in [-0.4, -0.2) is 44.8 Å². The van der Waals surface area contributed by atoms with Gasteiger partial charge in [0.05, 0.1) is 16.1 Å². The van der Waals surface area contributed by atoms with Gasteiger partial charge in [0.1, 0.15) is 11.6 Å². The Morgan fingerprint density at radius 1 is 0.914 bits per heavy atom. The van der Waals surface area contributed by atoms with Gasteiger partial charge in [0, 0.05) is 36.9 Å². The number of hydrogen-bond acceptors (Lipinski definition) is 4. The van der Waals surface area contributed by atoms with Crippen molar-refractivity contribution in [3.8, 4) is 0 Å². The molecule has 1 N–H and O–H groups in total. The lowest BCUT2D eigenvalue weighted by Crippen LogP contribution is -2.48. The number of sulfonamides is 1. The summed E-state index contributed by atoms with van der Waals surface area (Å²) in [6.07, 6.45) is 0. The molecule has 0 radical (unpaired) electrons. The largest absolute Gasteiger partial charge is 0.369 e. The molecule has 0 saturated carbocycles. The van der Waals surface area contributed by atoms with Gasteiger partial charge >= 0.3 is 0 Å². The molecule has 0 unspecified atom stereocenters. The van der Waals surface area contributed by atoms with E-state index in [0.717, 1.165) is 41.1 Å². The number of carbonyl (C=O) groups excluding carboxylic acids is 1. The van der Waals surface area contributed by atoms with Crippen molar-refractivity contribution >= 4 is 38.9 Å². The summed E-state index contributed by atoms with van der Waals surface area (Å²) in [4.78, 5) is 14.6. The highest BCUT2D eigenvalue weighted by Gasteiger charge is 2.30. The van der Waals surface area contributed by atoms with Crippen molar-refractivity contribution in [1.29, 1.82) is 0 Å². The van der Waals surface area contributed by atoms with Gasteiger partial charge in [-0.05, 0) is 67.4 Å². The van der Waals surface area contributed by atoms with Crippen LogP contribution in [0.1, 0.15) is 21.5 Å². The van der Waals surface area contributed by atoms with Gasteiger partial charge in [-0.25, -0.2) is 17.2 Å². The number of aryl methyl sites for hydroxylation is 2. The van der Waals surface area contributed by atoms with Gasteiger partial charge in [0.2, 0.25) is 10.0 Å². The van der Waals surface area contributed by atoms with Crippen LogP contribution < -0.4 is 10.2 Å². The van der Waals surface area contributed by atoms with E-state index < -0.39 is 33.1 Å². The summed E-state index contributed by atoms with van der Waals surface area (Å²) in [5.74, 6) is -2.69. The molecular weight excluding hydrogens is 496 g/mol. The Morgan fingerprint density at radius 3 is 2.31 bits per heavy atom. The van der Waals surface area contributed by atoms with Gasteiger partial charge < -0.3 is 10.2 Å². The number of anilines is 2. The second kappa shape index (κ2) is 9.93. The maximum Gasteiger partial charge on any atom is 0.258 e. The Bertz CT molecular complexity index is 1390. The van der Waals surface area contributed by atoms with Gasteiger partial charge in [-0.15, -0.1) is 0 Å². The first-order valence-corrected chi connectivity index (χ1v) is 12.8. The summed E-state index contributed by atoms with van der Waals surface area (Å²) in [6.45, 7) is 5.49. The number of halogens is 3. The monoisotopic (exact) mass is 519 g/mol. The van der Waals surface area contributed by atoms with Gasteiger partial charge in [0.15, 0.2) is 0 Å². The van der Waals surface area contributed by atoms with Crippen LogP contribution in [0, 0.1) is 25.5 Å². The molecule has 0 atom stereocenters. The van der Waals surface area contributed by atoms with Crippen LogP contribution in [0.4, 0.5) is 20.2 Å². The van der Waals surface area contributed by atoms with E-state index in [4.69, 9.17) is 11.6 Å². The van der Waals surface area contributed by atoms with E-state index in [-0.39, 0.29) is 28.7 Å². The van der Waals surface area contributed by atoms with Crippen molar-refractivity contribution in [2.75, 3.05) is 36.4 Å². The zero-order chi connectivity index (χ0) is 25.3. The lowest BCUT2D eigenvalue weighted by molar-refractivity contribution is 0.102. The molecule has 1 saturated heterocycles. The van der Waals surface area contributed by atoms with Crippen molar-refractivity contribution in [1.82, 2.24) is 4.31 Å². The van der Waals surface area contributed by atoms with Crippen molar-refractivity contribution in [3.05, 3.63) is 87.9 Å². The third kappa shape index (κ3) is 5.32. The van der Waals surface area contributed by atoms with Crippen LogP contribution >= 0.6 is 11.6 Å². The highest BCUT2D eigenvalue weighted by Crippen LogP contribution is 2.26. The molecule has 3 aromatic carbocycles. The summed E-state index contributed by atoms with van der Waals surface area (Å²) in [7, 11) is -3.98. The number of hydrogen-bond donors (Lipinski definition) is 1. The van der Waals surface area contributed by atoms with E-state index in [2.05, 4.69) is 16.3 Å². The van der Waals surface area contributed by atoms with Crippen LogP contribution in [0.15, 0.2) is 59.5 Å². The maximum atomic E-state index is 14.4. The molecule has 1 heterocycles. The minimum atomic E-state index is -3.98. The Kier molecular flexibility index (Phi) is 7.12. The van der Waals surface area contributed by atoms with Crippen LogP contribution in [0.25, 0.3) is 0 Å². The molecule has 1 amide bonds. The minimum Gasteiger partial charge on any atom is -0.369 e. The predicted octanol–water partition coefficient (Wildman–Crippen LogP) is 5.00.